The van der Waals surface area contributed by atoms with Crippen molar-refractivity contribution in [3.8, 4) is 23.1 Å². The van der Waals surface area contributed by atoms with Crippen molar-refractivity contribution in [2.75, 3.05) is 51.9 Å². The number of carbonyl (C=O) groups is 4. The highest BCUT2D eigenvalue weighted by atomic mass is 19.4. The summed E-state index contributed by atoms with van der Waals surface area (Å²) < 4.78 is 136. The number of alkyl carbamates (subject to hydrolysis) is 2. The van der Waals surface area contributed by atoms with Crippen LogP contribution in [0.5, 0.6) is 0 Å². The number of aliphatic hydroxyl groups excluding tert-OH is 1. The Morgan fingerprint density at radius 3 is 2.01 bits per heavy atom. The molecule has 2 aromatic carbocycles. The number of fused-ring (bicyclic) bond motifs is 2. The van der Waals surface area contributed by atoms with Gasteiger partial charge in [-0.05, 0) is 89.3 Å². The third-order valence-electron chi connectivity index (χ3n) is 15.0. The van der Waals surface area contributed by atoms with Crippen molar-refractivity contribution in [3.63, 3.8) is 0 Å². The highest BCUT2D eigenvalue weighted by Gasteiger charge is 2.58. The van der Waals surface area contributed by atoms with Crippen LogP contribution in [0, 0.1) is 34.3 Å². The minimum absolute atomic E-state index is 0.000764. The summed E-state index contributed by atoms with van der Waals surface area (Å²) in [5.41, 5.74) is -3.37. The summed E-state index contributed by atoms with van der Waals surface area (Å²) in [6.07, 6.45) is -10.9. The third kappa shape index (κ3) is 13.2. The molecule has 6 atom stereocenters. The van der Waals surface area contributed by atoms with E-state index in [1.165, 1.54) is 18.2 Å². The van der Waals surface area contributed by atoms with Crippen LogP contribution in [0.4, 0.5) is 50.7 Å². The molecule has 19 nitrogen and oxygen atoms in total. The number of alkyl halides is 6. The lowest BCUT2D eigenvalue weighted by molar-refractivity contribution is -0.239. The summed E-state index contributed by atoms with van der Waals surface area (Å²) in [6.45, 7) is 3.45. The van der Waals surface area contributed by atoms with Crippen molar-refractivity contribution in [1.82, 2.24) is 51.0 Å². The predicted octanol–water partition coefficient (Wildman–Crippen LogP) is 5.56. The number of methoxy groups -OCH3 is 1. The fourth-order valence-electron chi connectivity index (χ4n) is 9.61. The van der Waals surface area contributed by atoms with Crippen LogP contribution in [0.2, 0.25) is 0 Å². The molecule has 0 spiro atoms. The second kappa shape index (κ2) is 23.5. The molecule has 27 heteroatoms. The number of likely N-dealkylation sites (tertiary alicyclic amines) is 1. The Balaban J connectivity index is 1.07. The average molecular weight is 1130 g/mol. The van der Waals surface area contributed by atoms with Gasteiger partial charge in [0.2, 0.25) is 11.9 Å². The molecule has 2 bridgehead atoms. The molecule has 5 N–H and O–H groups in total. The van der Waals surface area contributed by atoms with Gasteiger partial charge in [-0.15, -0.1) is 0 Å². The molecule has 3 saturated heterocycles. The second-order valence-electron chi connectivity index (χ2n) is 21.4. The van der Waals surface area contributed by atoms with Gasteiger partial charge in [0.05, 0.1) is 61.2 Å². The van der Waals surface area contributed by atoms with Crippen LogP contribution in [-0.2, 0) is 36.8 Å². The highest BCUT2D eigenvalue weighted by molar-refractivity contribution is 5.87. The largest absolute Gasteiger partial charge is 0.453 e. The summed E-state index contributed by atoms with van der Waals surface area (Å²) in [4.78, 5) is 66.8. The molecule has 432 valence electrons. The molecule has 4 aliphatic rings. The number of nitrogens with one attached hydrogen (secondary N) is 4. The number of halogens is 8. The Bertz CT molecular complexity index is 2940. The van der Waals surface area contributed by atoms with Gasteiger partial charge in [0, 0.05) is 80.6 Å². The Morgan fingerprint density at radius 1 is 0.825 bits per heavy atom. The van der Waals surface area contributed by atoms with Gasteiger partial charge in [-0.3, -0.25) is 24.6 Å². The van der Waals surface area contributed by atoms with E-state index >= 15 is 8.78 Å². The molecule has 4 amide bonds. The molecule has 5 heterocycles. The molecule has 0 radical (unpaired) electrons. The van der Waals surface area contributed by atoms with Crippen LogP contribution in [0.25, 0.3) is 11.3 Å². The fourth-order valence-corrected chi connectivity index (χ4v) is 9.61. The van der Waals surface area contributed by atoms with Gasteiger partial charge in [-0.1, -0.05) is 24.0 Å². The first kappa shape index (κ1) is 59.0. The smallest absolute Gasteiger partial charge is 0.407 e. The van der Waals surface area contributed by atoms with Crippen LogP contribution < -0.4 is 26.3 Å². The molecule has 2 aromatic heterocycles. The first-order chi connectivity index (χ1) is 37.7. The number of aliphatic hydroxyl groups is 1. The van der Waals surface area contributed by atoms with Crippen molar-refractivity contribution in [3.05, 3.63) is 94.9 Å². The Morgan fingerprint density at radius 2 is 1.46 bits per heavy atom. The van der Waals surface area contributed by atoms with Crippen LogP contribution in [-0.4, -0.2) is 161 Å². The van der Waals surface area contributed by atoms with Gasteiger partial charge in [0.15, 0.2) is 6.10 Å². The number of piperazine rings is 1. The maximum Gasteiger partial charge on any atom is 0.407 e. The molecular weight excluding hydrogens is 1070 g/mol. The second-order valence-corrected chi connectivity index (χ2v) is 21.4. The molecule has 3 aliphatic heterocycles. The van der Waals surface area contributed by atoms with E-state index in [0.717, 1.165) is 71.9 Å². The van der Waals surface area contributed by atoms with Crippen molar-refractivity contribution < 1.29 is 73.6 Å². The first-order valence-corrected chi connectivity index (χ1v) is 25.6. The molecular formula is C53H61F8N11O8. The summed E-state index contributed by atoms with van der Waals surface area (Å²) in [5.74, 6) is 0.933. The minimum Gasteiger partial charge on any atom is -0.453 e. The standard InChI is InChI=1S/C53H61F8N11O8/c1-50(2,52(56,57)58)43(66-49(77)78-6)45(74)65-41(17-30-10-7-29(8-11-30)9-12-31-21-63-47(64-22-31)71-24-34-20-35(71)23-70(34)36-27-79-28-36)42(73)26-69(68-46(75)44(80-48(76)62-5)51(3,4)53(59,60)61)25-37-38(54)18-32(19-39(37)55)40-15-16-72(67-40)33-13-14-33/h7-8,10-11,15-16,18-19,21-22,33-36,41-44,73H,13-14,17,20,23-28H2,1-6H3,(H,62,76)(H,65,74)(H,66,77)(H,68,75)/t34-,35-,41+,42+,43-,44-/m1/s1. The van der Waals surface area contributed by atoms with E-state index in [2.05, 4.69) is 52.2 Å². The van der Waals surface area contributed by atoms with Crippen LogP contribution in [0.3, 0.4) is 0 Å². The number of anilines is 1. The van der Waals surface area contributed by atoms with Gasteiger partial charge in [-0.2, -0.15) is 31.4 Å². The van der Waals surface area contributed by atoms with E-state index < -0.39 is 108 Å². The number of rotatable bonds is 19. The Labute approximate surface area is 455 Å². The van der Waals surface area contributed by atoms with Crippen molar-refractivity contribution in [2.24, 2.45) is 10.8 Å². The zero-order valence-corrected chi connectivity index (χ0v) is 44.4. The number of hydrogen-bond donors (Lipinski definition) is 5. The van der Waals surface area contributed by atoms with Gasteiger partial charge >= 0.3 is 24.5 Å². The summed E-state index contributed by atoms with van der Waals surface area (Å²) in [7, 11) is 1.85. The Hall–Kier alpha value is -7.15. The molecule has 1 aliphatic carbocycles. The summed E-state index contributed by atoms with van der Waals surface area (Å²) >= 11 is 0. The molecule has 4 fully saturated rings. The highest BCUT2D eigenvalue weighted by Crippen LogP contribution is 2.43. The van der Waals surface area contributed by atoms with Crippen molar-refractivity contribution >= 4 is 29.9 Å². The van der Waals surface area contributed by atoms with Gasteiger partial charge in [-0.25, -0.2) is 33.3 Å². The molecule has 0 unspecified atom stereocenters. The monoisotopic (exact) mass is 1130 g/mol. The molecule has 8 rings (SSSR count). The van der Waals surface area contributed by atoms with E-state index in [-0.39, 0.29) is 23.3 Å². The lowest BCUT2D eigenvalue weighted by atomic mass is 9.82. The molecule has 80 heavy (non-hydrogen) atoms. The molecule has 1 saturated carbocycles. The van der Waals surface area contributed by atoms with Gasteiger partial charge in [0.1, 0.15) is 23.1 Å². The first-order valence-electron chi connectivity index (χ1n) is 25.6. The topological polar surface area (TPSA) is 218 Å². The SMILES string of the molecule is CNC(=O)O[C@H](C(=O)NN(Cc1c(F)cc(-c2ccn(C3CC3)n2)cc1F)C[C@H](O)[C@H](Cc1ccc(C#Cc2cnc(N3C[C@H]4C[C@@H]3CN4C3COC3)nc2)cc1)NC(=O)[C@@H](NC(=O)OC)C(C)(C)C(F)(F)F)C(C)(C)C(F)(F)F. The number of hydrogen-bond acceptors (Lipinski definition) is 14. The van der Waals surface area contributed by atoms with Crippen molar-refractivity contribution in [1.29, 1.82) is 0 Å². The molecule has 4 aromatic rings. The summed E-state index contributed by atoms with van der Waals surface area (Å²) in [6, 6.07) is 6.64. The predicted molar refractivity (Wildman–Crippen MR) is 270 cm³/mol. The number of amides is 4. The lowest BCUT2D eigenvalue weighted by Gasteiger charge is -2.42. The minimum atomic E-state index is -5.22. The zero-order chi connectivity index (χ0) is 58.1. The van der Waals surface area contributed by atoms with E-state index in [9.17, 15) is 50.6 Å². The van der Waals surface area contributed by atoms with Crippen molar-refractivity contribution in [2.45, 2.75) is 121 Å². The lowest BCUT2D eigenvalue weighted by Crippen LogP contribution is -2.62. The van der Waals surface area contributed by atoms with E-state index in [1.807, 2.05) is 10.6 Å². The van der Waals surface area contributed by atoms with Gasteiger partial charge in [0.25, 0.3) is 5.91 Å². The summed E-state index contributed by atoms with van der Waals surface area (Å²) in [5, 5.41) is 23.3. The average Bonchev–Trinajstić information content (AvgIpc) is 3.92. The maximum absolute atomic E-state index is 16.2. The number of hydrazine groups is 1. The number of nitrogens with zero attached hydrogens (tertiary/aromatic N) is 7. The van der Waals surface area contributed by atoms with E-state index in [4.69, 9.17) is 9.47 Å². The fraction of sp³-hybridized carbons (Fsp3) is 0.528. The number of aromatic nitrogens is 4. The quantitative estimate of drug-likeness (QED) is 0.0442. The van der Waals surface area contributed by atoms with Crippen LogP contribution >= 0.6 is 0 Å². The van der Waals surface area contributed by atoms with Crippen LogP contribution in [0.15, 0.2) is 61.1 Å². The third-order valence-corrected chi connectivity index (χ3v) is 15.0. The van der Waals surface area contributed by atoms with E-state index in [1.54, 1.807) is 35.4 Å². The Kier molecular flexibility index (Phi) is 17.3. The van der Waals surface area contributed by atoms with Gasteiger partial charge < -0.3 is 40.2 Å². The van der Waals surface area contributed by atoms with Crippen LogP contribution in [0.1, 0.15) is 75.3 Å². The maximum atomic E-state index is 16.2. The normalized spacial score (nSPS) is 19.3. The van der Waals surface area contributed by atoms with E-state index in [0.29, 0.717) is 67.4 Å². The number of ether oxygens (including phenoxy) is 3. The zero-order valence-electron chi connectivity index (χ0n) is 44.4. The number of carbonyl (C=O) groups excluding carboxylic acids is 4. The number of benzene rings is 2.